The van der Waals surface area contributed by atoms with Crippen LogP contribution in [0.3, 0.4) is 0 Å². The maximum Gasteiger partial charge on any atom is 0.308 e. The molecule has 8 heteroatoms. The number of carboxylic acids is 1. The zero-order valence-electron chi connectivity index (χ0n) is 12.2. The van der Waals surface area contributed by atoms with Gasteiger partial charge in [-0.25, -0.2) is 0 Å². The third-order valence-corrected chi connectivity index (χ3v) is 2.70. The number of aliphatic carboxylic acids is 1. The van der Waals surface area contributed by atoms with Crippen molar-refractivity contribution < 1.29 is 29.0 Å². The molecule has 1 aliphatic rings. The maximum absolute atomic E-state index is 11.8. The highest BCUT2D eigenvalue weighted by Gasteiger charge is 2.30. The molecule has 1 heterocycles. The van der Waals surface area contributed by atoms with Crippen molar-refractivity contribution in [3.63, 3.8) is 0 Å². The van der Waals surface area contributed by atoms with Crippen LogP contribution in [-0.4, -0.2) is 41.4 Å². The van der Waals surface area contributed by atoms with E-state index in [9.17, 15) is 24.3 Å². The molecule has 0 bridgehead atoms. The lowest BCUT2D eigenvalue weighted by Crippen LogP contribution is -2.53. The summed E-state index contributed by atoms with van der Waals surface area (Å²) in [6.45, 7) is 4.93. The minimum absolute atomic E-state index is 0.208. The van der Waals surface area contributed by atoms with Gasteiger partial charge >= 0.3 is 5.97 Å². The average molecular weight is 299 g/mol. The van der Waals surface area contributed by atoms with Gasteiger partial charge in [0, 0.05) is 6.42 Å². The second-order valence-electron chi connectivity index (χ2n) is 5.83. The van der Waals surface area contributed by atoms with Crippen LogP contribution in [0.25, 0.3) is 0 Å². The van der Waals surface area contributed by atoms with Gasteiger partial charge in [0.1, 0.15) is 11.6 Å². The quantitative estimate of drug-likeness (QED) is 0.579. The monoisotopic (exact) mass is 299 g/mol. The first kappa shape index (κ1) is 16.9. The number of hydrogen-bond acceptors (Lipinski definition) is 6. The Morgan fingerprint density at radius 2 is 2.05 bits per heavy atom. The van der Waals surface area contributed by atoms with Gasteiger partial charge in [0.2, 0.25) is 11.8 Å². The highest BCUT2D eigenvalue weighted by molar-refractivity contribution is 5.93. The van der Waals surface area contributed by atoms with Crippen LogP contribution in [0.1, 0.15) is 40.0 Å². The fourth-order valence-corrected chi connectivity index (χ4v) is 1.83. The van der Waals surface area contributed by atoms with Gasteiger partial charge in [-0.15, -0.1) is 0 Å². The molecule has 2 atom stereocenters. The number of carbonyl (C=O) groups is 4. The molecule has 118 valence electrons. The smallest absolute Gasteiger partial charge is 0.308 e. The van der Waals surface area contributed by atoms with Gasteiger partial charge in [-0.05, 0) is 27.2 Å². The molecule has 0 aromatic heterocycles. The van der Waals surface area contributed by atoms with E-state index in [-0.39, 0.29) is 18.7 Å². The molecule has 21 heavy (non-hydrogen) atoms. The van der Waals surface area contributed by atoms with Gasteiger partial charge in [0.25, 0.3) is 0 Å². The van der Waals surface area contributed by atoms with Crippen LogP contribution in [-0.2, 0) is 23.9 Å². The lowest BCUT2D eigenvalue weighted by Gasteiger charge is -2.24. The zero-order valence-corrected chi connectivity index (χ0v) is 12.2. The van der Waals surface area contributed by atoms with Crippen LogP contribution >= 0.6 is 0 Å². The molecule has 2 unspecified atom stereocenters. The Labute approximate surface area is 122 Å². The lowest BCUT2D eigenvalue weighted by molar-refractivity contribution is -0.308. The molecular weight excluding hydrogens is 280 g/mol. The van der Waals surface area contributed by atoms with Crippen molar-refractivity contribution in [1.82, 2.24) is 10.6 Å². The van der Waals surface area contributed by atoms with E-state index in [0.717, 1.165) is 0 Å². The Bertz CT molecular complexity index is 454. The van der Waals surface area contributed by atoms with Crippen LogP contribution in [0, 0.1) is 0 Å². The van der Waals surface area contributed by atoms with Crippen molar-refractivity contribution in [3.05, 3.63) is 0 Å². The fraction of sp³-hybridized carbons (Fsp3) is 0.692. The van der Waals surface area contributed by atoms with Gasteiger partial charge < -0.3 is 25.3 Å². The molecule has 2 N–H and O–H groups in total. The van der Waals surface area contributed by atoms with Crippen LogP contribution in [0.4, 0.5) is 0 Å². The van der Waals surface area contributed by atoms with Crippen molar-refractivity contribution in [2.45, 2.75) is 57.7 Å². The van der Waals surface area contributed by atoms with Crippen molar-refractivity contribution in [3.8, 4) is 0 Å². The molecule has 1 rings (SSSR count). The van der Waals surface area contributed by atoms with Gasteiger partial charge in [-0.1, -0.05) is 0 Å². The molecule has 0 spiro atoms. The van der Waals surface area contributed by atoms with E-state index in [1.54, 1.807) is 20.8 Å². The van der Waals surface area contributed by atoms with Crippen LogP contribution in [0.15, 0.2) is 0 Å². The Morgan fingerprint density at radius 1 is 1.43 bits per heavy atom. The molecule has 8 nitrogen and oxygen atoms in total. The number of amides is 2. The number of ether oxygens (including phenoxy) is 1. The van der Waals surface area contributed by atoms with Crippen molar-refractivity contribution in [2.24, 2.45) is 0 Å². The minimum Gasteiger partial charge on any atom is -0.548 e. The average Bonchev–Trinajstić information content (AvgIpc) is 2.72. The molecule has 1 fully saturated rings. The van der Waals surface area contributed by atoms with Crippen molar-refractivity contribution >= 4 is 23.8 Å². The summed E-state index contributed by atoms with van der Waals surface area (Å²) in [5.74, 6) is -3.27. The van der Waals surface area contributed by atoms with Crippen LogP contribution < -0.4 is 15.7 Å². The highest BCUT2D eigenvalue weighted by atomic mass is 16.6. The summed E-state index contributed by atoms with van der Waals surface area (Å²) in [5.41, 5.74) is -0.753. The van der Waals surface area contributed by atoms with Crippen LogP contribution in [0.5, 0.6) is 0 Å². The number of carboxylic acid groups (broad SMARTS) is 1. The Kier molecular flexibility index (Phi) is 5.28. The molecule has 0 saturated carbocycles. The topological polar surface area (TPSA) is 125 Å². The molecule has 0 aliphatic carbocycles. The largest absolute Gasteiger partial charge is 0.548 e. The van der Waals surface area contributed by atoms with E-state index >= 15 is 0 Å². The second kappa shape index (κ2) is 6.55. The SMILES string of the molecule is CC(C)(C)OC(=O)CC(NC(=O)C1CCC(=O)N1)C(=O)[O-]. The summed E-state index contributed by atoms with van der Waals surface area (Å²) < 4.78 is 4.99. The van der Waals surface area contributed by atoms with E-state index in [4.69, 9.17) is 4.74 Å². The highest BCUT2D eigenvalue weighted by Crippen LogP contribution is 2.10. The number of carbonyl (C=O) groups excluding carboxylic acids is 4. The standard InChI is InChI=1S/C13H20N2O6/c1-13(2,3)21-10(17)6-8(12(19)20)15-11(18)7-4-5-9(16)14-7/h7-8H,4-6H2,1-3H3,(H,14,16)(H,15,18)(H,19,20)/p-1. The first-order valence-corrected chi connectivity index (χ1v) is 6.61. The van der Waals surface area contributed by atoms with Crippen molar-refractivity contribution in [2.75, 3.05) is 0 Å². The Hall–Kier alpha value is -2.12. The Morgan fingerprint density at radius 3 is 2.48 bits per heavy atom. The van der Waals surface area contributed by atoms with Gasteiger partial charge in [-0.2, -0.15) is 0 Å². The second-order valence-corrected chi connectivity index (χ2v) is 5.83. The number of hydrogen-bond donors (Lipinski definition) is 2. The molecule has 1 saturated heterocycles. The zero-order chi connectivity index (χ0) is 16.2. The molecule has 0 radical (unpaired) electrons. The lowest BCUT2D eigenvalue weighted by atomic mass is 10.1. The van der Waals surface area contributed by atoms with E-state index in [1.807, 2.05) is 0 Å². The third-order valence-electron chi connectivity index (χ3n) is 2.70. The van der Waals surface area contributed by atoms with E-state index in [2.05, 4.69) is 10.6 Å². The fourth-order valence-electron chi connectivity index (χ4n) is 1.83. The number of rotatable bonds is 5. The minimum atomic E-state index is -1.58. The summed E-state index contributed by atoms with van der Waals surface area (Å²) >= 11 is 0. The normalized spacial score (nSPS) is 19.6. The van der Waals surface area contributed by atoms with Gasteiger partial charge in [0.05, 0.1) is 18.4 Å². The van der Waals surface area contributed by atoms with E-state index < -0.39 is 42.0 Å². The summed E-state index contributed by atoms with van der Waals surface area (Å²) in [7, 11) is 0. The summed E-state index contributed by atoms with van der Waals surface area (Å²) in [6, 6.07) is -2.28. The van der Waals surface area contributed by atoms with E-state index in [0.29, 0.717) is 0 Å². The molecule has 1 aliphatic heterocycles. The molecule has 2 amide bonds. The predicted octanol–water partition coefficient (Wildman–Crippen LogP) is -1.77. The van der Waals surface area contributed by atoms with Crippen molar-refractivity contribution in [1.29, 1.82) is 0 Å². The molecular formula is C13H19N2O6-. The van der Waals surface area contributed by atoms with E-state index in [1.165, 1.54) is 0 Å². The summed E-state index contributed by atoms with van der Waals surface area (Å²) in [6.07, 6.45) is -0.0387. The predicted molar refractivity (Wildman–Crippen MR) is 68.6 cm³/mol. The first-order chi connectivity index (χ1) is 9.58. The number of nitrogens with one attached hydrogen (secondary N) is 2. The van der Waals surface area contributed by atoms with Crippen LogP contribution in [0.2, 0.25) is 0 Å². The summed E-state index contributed by atoms with van der Waals surface area (Å²) in [5, 5.41) is 15.6. The Balaban J connectivity index is 2.57. The third kappa shape index (κ3) is 5.80. The van der Waals surface area contributed by atoms with Gasteiger partial charge in [-0.3, -0.25) is 14.4 Å². The first-order valence-electron chi connectivity index (χ1n) is 6.61. The number of esters is 1. The van der Waals surface area contributed by atoms with Gasteiger partial charge in [0.15, 0.2) is 0 Å². The molecule has 0 aromatic carbocycles. The maximum atomic E-state index is 11.8. The molecule has 0 aromatic rings. The summed E-state index contributed by atoms with van der Waals surface area (Å²) in [4.78, 5) is 45.4.